The van der Waals surface area contributed by atoms with Gasteiger partial charge in [-0.25, -0.2) is 4.39 Å². The van der Waals surface area contributed by atoms with Gasteiger partial charge in [0.2, 0.25) is 5.75 Å². The molecule has 0 radical (unpaired) electrons. The molecular formula is C21H27FO6. The summed E-state index contributed by atoms with van der Waals surface area (Å²) >= 11 is 0. The lowest BCUT2D eigenvalue weighted by Crippen LogP contribution is -2.05. The van der Waals surface area contributed by atoms with Crippen LogP contribution in [-0.4, -0.2) is 48.5 Å². The minimum atomic E-state index is -0.563. The van der Waals surface area contributed by atoms with Gasteiger partial charge in [-0.3, -0.25) is 0 Å². The number of halogens is 1. The molecule has 0 aliphatic rings. The number of alkyl halides is 1. The Bertz CT molecular complexity index is 725. The van der Waals surface area contributed by atoms with E-state index in [0.717, 1.165) is 24.0 Å². The van der Waals surface area contributed by atoms with Gasteiger partial charge in [-0.1, -0.05) is 6.07 Å². The molecule has 2 rings (SSSR count). The molecule has 0 fully saturated rings. The van der Waals surface area contributed by atoms with Gasteiger partial charge in [-0.15, -0.1) is 0 Å². The van der Waals surface area contributed by atoms with Gasteiger partial charge in [0, 0.05) is 7.11 Å². The van der Waals surface area contributed by atoms with Gasteiger partial charge in [0.25, 0.3) is 0 Å². The molecule has 0 unspecified atom stereocenters. The second-order valence-corrected chi connectivity index (χ2v) is 5.90. The molecule has 0 aliphatic carbocycles. The number of hydrogen-bond donors (Lipinski definition) is 0. The molecular weight excluding hydrogens is 367 g/mol. The summed E-state index contributed by atoms with van der Waals surface area (Å²) in [6.07, 6.45) is 1.51. The van der Waals surface area contributed by atoms with Crippen LogP contribution < -0.4 is 23.7 Å². The van der Waals surface area contributed by atoms with Crippen LogP contribution in [0.3, 0.4) is 0 Å². The predicted molar refractivity (Wildman–Crippen MR) is 104 cm³/mol. The number of rotatable bonds is 12. The van der Waals surface area contributed by atoms with Crippen molar-refractivity contribution in [1.82, 2.24) is 0 Å². The highest BCUT2D eigenvalue weighted by molar-refractivity contribution is 5.54. The van der Waals surface area contributed by atoms with Crippen LogP contribution in [0.1, 0.15) is 11.1 Å². The molecule has 154 valence electrons. The van der Waals surface area contributed by atoms with Crippen molar-refractivity contribution in [2.24, 2.45) is 0 Å². The molecule has 7 heteroatoms. The van der Waals surface area contributed by atoms with Crippen LogP contribution >= 0.6 is 0 Å². The van der Waals surface area contributed by atoms with Crippen LogP contribution in [-0.2, 0) is 17.6 Å². The van der Waals surface area contributed by atoms with E-state index in [2.05, 4.69) is 0 Å². The molecule has 0 heterocycles. The second kappa shape index (κ2) is 11.2. The zero-order valence-electron chi connectivity index (χ0n) is 16.7. The third-order valence-electron chi connectivity index (χ3n) is 4.10. The van der Waals surface area contributed by atoms with Crippen LogP contribution in [0.4, 0.5) is 4.39 Å². The van der Waals surface area contributed by atoms with Crippen molar-refractivity contribution in [3.8, 4) is 28.7 Å². The lowest BCUT2D eigenvalue weighted by Gasteiger charge is -2.15. The maximum Gasteiger partial charge on any atom is 0.203 e. The van der Waals surface area contributed by atoms with Gasteiger partial charge < -0.3 is 28.4 Å². The number of benzene rings is 2. The number of hydrogen-bond acceptors (Lipinski definition) is 6. The van der Waals surface area contributed by atoms with Crippen LogP contribution in [0.15, 0.2) is 30.3 Å². The van der Waals surface area contributed by atoms with Gasteiger partial charge in [0.1, 0.15) is 13.3 Å². The third kappa shape index (κ3) is 5.66. The van der Waals surface area contributed by atoms with Gasteiger partial charge in [-0.2, -0.15) is 0 Å². The molecule has 2 aromatic carbocycles. The first kappa shape index (κ1) is 21.6. The van der Waals surface area contributed by atoms with E-state index < -0.39 is 6.67 Å². The fourth-order valence-corrected chi connectivity index (χ4v) is 2.78. The van der Waals surface area contributed by atoms with Crippen molar-refractivity contribution >= 4 is 0 Å². The first-order chi connectivity index (χ1) is 13.7. The zero-order valence-corrected chi connectivity index (χ0v) is 16.7. The number of methoxy groups -OCH3 is 4. The highest BCUT2D eigenvalue weighted by Gasteiger charge is 2.14. The summed E-state index contributed by atoms with van der Waals surface area (Å²) in [5.41, 5.74) is 2.10. The minimum Gasteiger partial charge on any atom is -0.493 e. The molecule has 0 N–H and O–H groups in total. The standard InChI is InChI=1S/C21H27FO6/c1-23-14-28-18-11-15(7-8-17(18)27-10-9-22)5-6-16-12-19(24-2)21(26-4)20(13-16)25-3/h7-8,11-13H,5-6,9-10,14H2,1-4H3. The topological polar surface area (TPSA) is 55.4 Å². The largest absolute Gasteiger partial charge is 0.493 e. The molecule has 2 aromatic rings. The summed E-state index contributed by atoms with van der Waals surface area (Å²) in [6, 6.07) is 9.46. The molecule has 0 saturated carbocycles. The van der Waals surface area contributed by atoms with Gasteiger partial charge >= 0.3 is 0 Å². The number of ether oxygens (including phenoxy) is 6. The van der Waals surface area contributed by atoms with Crippen LogP contribution in [0.5, 0.6) is 28.7 Å². The quantitative estimate of drug-likeness (QED) is 0.510. The van der Waals surface area contributed by atoms with E-state index in [1.807, 2.05) is 24.3 Å². The van der Waals surface area contributed by atoms with E-state index in [1.54, 1.807) is 27.4 Å². The molecule has 6 nitrogen and oxygen atoms in total. The highest BCUT2D eigenvalue weighted by atomic mass is 19.1. The summed E-state index contributed by atoms with van der Waals surface area (Å²) in [6.45, 7) is -0.497. The highest BCUT2D eigenvalue weighted by Crippen LogP contribution is 2.38. The summed E-state index contributed by atoms with van der Waals surface area (Å²) in [5, 5.41) is 0. The maximum absolute atomic E-state index is 12.4. The van der Waals surface area contributed by atoms with Crippen molar-refractivity contribution in [2.75, 3.05) is 48.5 Å². The minimum absolute atomic E-state index is 0.0197. The Balaban J connectivity index is 2.17. The molecule has 0 aromatic heterocycles. The average Bonchev–Trinajstić information content (AvgIpc) is 2.74. The fraction of sp³-hybridized carbons (Fsp3) is 0.429. The Morgan fingerprint density at radius 1 is 0.714 bits per heavy atom. The molecule has 0 saturated heterocycles. The molecule has 0 atom stereocenters. The Hall–Kier alpha value is -2.67. The summed E-state index contributed by atoms with van der Waals surface area (Å²) in [4.78, 5) is 0. The summed E-state index contributed by atoms with van der Waals surface area (Å²) < 4.78 is 44.5. The zero-order chi connectivity index (χ0) is 20.4. The Morgan fingerprint density at radius 2 is 1.36 bits per heavy atom. The lowest BCUT2D eigenvalue weighted by molar-refractivity contribution is 0.0484. The van der Waals surface area contributed by atoms with E-state index in [0.29, 0.717) is 28.7 Å². The molecule has 28 heavy (non-hydrogen) atoms. The van der Waals surface area contributed by atoms with E-state index in [-0.39, 0.29) is 13.4 Å². The van der Waals surface area contributed by atoms with E-state index in [9.17, 15) is 4.39 Å². The Kier molecular flexibility index (Phi) is 8.68. The van der Waals surface area contributed by atoms with Gasteiger partial charge in [0.15, 0.2) is 29.8 Å². The van der Waals surface area contributed by atoms with Crippen molar-refractivity contribution in [3.63, 3.8) is 0 Å². The van der Waals surface area contributed by atoms with Crippen molar-refractivity contribution in [2.45, 2.75) is 12.8 Å². The van der Waals surface area contributed by atoms with Gasteiger partial charge in [0.05, 0.1) is 21.3 Å². The van der Waals surface area contributed by atoms with Crippen LogP contribution in [0.2, 0.25) is 0 Å². The lowest BCUT2D eigenvalue weighted by atomic mass is 10.0. The van der Waals surface area contributed by atoms with E-state index in [4.69, 9.17) is 28.4 Å². The van der Waals surface area contributed by atoms with Crippen molar-refractivity contribution in [1.29, 1.82) is 0 Å². The molecule has 0 amide bonds. The number of aryl methyl sites for hydroxylation is 2. The maximum atomic E-state index is 12.4. The van der Waals surface area contributed by atoms with Crippen molar-refractivity contribution in [3.05, 3.63) is 41.5 Å². The monoisotopic (exact) mass is 394 g/mol. The Morgan fingerprint density at radius 3 is 1.93 bits per heavy atom. The first-order valence-electron chi connectivity index (χ1n) is 8.89. The SMILES string of the molecule is COCOc1cc(CCc2cc(OC)c(OC)c(OC)c2)ccc1OCCF. The fourth-order valence-electron chi connectivity index (χ4n) is 2.78. The van der Waals surface area contributed by atoms with E-state index in [1.165, 1.54) is 7.11 Å². The van der Waals surface area contributed by atoms with E-state index >= 15 is 0 Å². The Labute approximate surface area is 165 Å². The normalized spacial score (nSPS) is 10.5. The van der Waals surface area contributed by atoms with Crippen LogP contribution in [0, 0.1) is 0 Å². The average molecular weight is 394 g/mol. The molecule has 0 aliphatic heterocycles. The van der Waals surface area contributed by atoms with Crippen LogP contribution in [0.25, 0.3) is 0 Å². The molecule has 0 bridgehead atoms. The van der Waals surface area contributed by atoms with Crippen molar-refractivity contribution < 1.29 is 32.8 Å². The second-order valence-electron chi connectivity index (χ2n) is 5.90. The van der Waals surface area contributed by atoms with Gasteiger partial charge in [-0.05, 0) is 48.2 Å². The molecule has 0 spiro atoms. The summed E-state index contributed by atoms with van der Waals surface area (Å²) in [7, 11) is 6.30. The smallest absolute Gasteiger partial charge is 0.203 e. The summed E-state index contributed by atoms with van der Waals surface area (Å²) in [5.74, 6) is 2.83. The predicted octanol–water partition coefficient (Wildman–Crippen LogP) is 3.83. The first-order valence-corrected chi connectivity index (χ1v) is 8.89. The third-order valence-corrected chi connectivity index (χ3v) is 4.10.